The maximum Gasteiger partial charge on any atom is 0.325 e. The number of esters is 1. The van der Waals surface area contributed by atoms with Gasteiger partial charge in [0.2, 0.25) is 5.91 Å². The van der Waals surface area contributed by atoms with Crippen molar-refractivity contribution < 1.29 is 29.0 Å². The normalized spacial score (nSPS) is 10.6. The molecule has 9 heteroatoms. The van der Waals surface area contributed by atoms with Crippen LogP contribution in [0.25, 0.3) is 0 Å². The molecule has 0 unspecified atom stereocenters. The lowest BCUT2D eigenvalue weighted by Gasteiger charge is -2.25. The molecular weight excluding hydrogens is 354 g/mol. The van der Waals surface area contributed by atoms with E-state index in [1.807, 2.05) is 0 Å². The predicted octanol–water partition coefficient (Wildman–Crippen LogP) is 1.28. The fraction of sp³-hybridized carbons (Fsp3) is 0.444. The third-order valence-corrected chi connectivity index (χ3v) is 3.65. The van der Waals surface area contributed by atoms with Crippen molar-refractivity contribution >= 4 is 29.6 Å². The second kappa shape index (κ2) is 10.1. The maximum atomic E-state index is 12.0. The lowest BCUT2D eigenvalue weighted by atomic mass is 9.99. The molecule has 0 atom stereocenters. The minimum absolute atomic E-state index is 0.0416. The molecule has 0 bridgehead atoms. The molecule has 9 nitrogen and oxygen atoms in total. The summed E-state index contributed by atoms with van der Waals surface area (Å²) in [4.78, 5) is 45.4. The number of methoxy groups -OCH3 is 1. The average Bonchev–Trinajstić information content (AvgIpc) is 2.59. The van der Waals surface area contributed by atoms with Crippen molar-refractivity contribution in [1.82, 2.24) is 10.6 Å². The van der Waals surface area contributed by atoms with Crippen LogP contribution in [0.15, 0.2) is 24.3 Å². The van der Waals surface area contributed by atoms with E-state index in [2.05, 4.69) is 20.7 Å². The fourth-order valence-corrected chi connectivity index (χ4v) is 2.15. The molecule has 4 N–H and O–H groups in total. The fourth-order valence-electron chi connectivity index (χ4n) is 2.15. The van der Waals surface area contributed by atoms with E-state index in [0.29, 0.717) is 17.7 Å². The van der Waals surface area contributed by atoms with Crippen molar-refractivity contribution in [3.63, 3.8) is 0 Å². The molecule has 27 heavy (non-hydrogen) atoms. The van der Waals surface area contributed by atoms with Crippen molar-refractivity contribution in [2.24, 2.45) is 0 Å². The van der Waals surface area contributed by atoms with Crippen LogP contribution in [0.2, 0.25) is 0 Å². The van der Waals surface area contributed by atoms with Gasteiger partial charge in [0.1, 0.15) is 6.54 Å². The number of anilines is 1. The van der Waals surface area contributed by atoms with Crippen LogP contribution in [-0.4, -0.2) is 48.2 Å². The topological polar surface area (TPSA) is 134 Å². The maximum absolute atomic E-state index is 12.0. The van der Waals surface area contributed by atoms with E-state index in [1.54, 1.807) is 38.1 Å². The number of carboxylic acid groups (broad SMARTS) is 1. The Balaban J connectivity index is 2.49. The van der Waals surface area contributed by atoms with Crippen LogP contribution >= 0.6 is 0 Å². The third kappa shape index (κ3) is 9.24. The van der Waals surface area contributed by atoms with Crippen LogP contribution in [0.5, 0.6) is 0 Å². The zero-order chi connectivity index (χ0) is 20.4. The van der Waals surface area contributed by atoms with Gasteiger partial charge < -0.3 is 25.8 Å². The van der Waals surface area contributed by atoms with Gasteiger partial charge in [0, 0.05) is 17.6 Å². The molecule has 0 radical (unpaired) electrons. The van der Waals surface area contributed by atoms with Gasteiger partial charge in [-0.05, 0) is 38.0 Å². The first-order valence-electron chi connectivity index (χ1n) is 8.35. The minimum atomic E-state index is -0.920. The summed E-state index contributed by atoms with van der Waals surface area (Å²) < 4.78 is 4.44. The predicted molar refractivity (Wildman–Crippen MR) is 98.3 cm³/mol. The first-order valence-corrected chi connectivity index (χ1v) is 8.35. The molecule has 0 aliphatic carbocycles. The Morgan fingerprint density at radius 2 is 1.74 bits per heavy atom. The van der Waals surface area contributed by atoms with E-state index in [4.69, 9.17) is 5.11 Å². The Morgan fingerprint density at radius 3 is 2.30 bits per heavy atom. The van der Waals surface area contributed by atoms with E-state index in [0.717, 1.165) is 0 Å². The number of aliphatic carboxylic acids is 1. The molecule has 0 saturated heterocycles. The number of ether oxygens (including phenoxy) is 1. The molecule has 0 heterocycles. The number of carboxylic acids is 1. The highest BCUT2D eigenvalue weighted by Gasteiger charge is 2.21. The molecule has 1 aromatic carbocycles. The highest BCUT2D eigenvalue weighted by Crippen LogP contribution is 2.13. The van der Waals surface area contributed by atoms with Crippen LogP contribution in [0.4, 0.5) is 10.5 Å². The first kappa shape index (κ1) is 21.9. The highest BCUT2D eigenvalue weighted by molar-refractivity contribution is 5.90. The first-order chi connectivity index (χ1) is 12.6. The molecular formula is C18H25N3O6. The molecule has 1 rings (SSSR count). The Labute approximate surface area is 157 Å². The monoisotopic (exact) mass is 379 g/mol. The number of carbonyl (C=O) groups is 4. The van der Waals surface area contributed by atoms with Gasteiger partial charge >= 0.3 is 18.0 Å². The quantitative estimate of drug-likeness (QED) is 0.478. The summed E-state index contributed by atoms with van der Waals surface area (Å²) >= 11 is 0. The van der Waals surface area contributed by atoms with Gasteiger partial charge in [-0.15, -0.1) is 0 Å². The smallest absolute Gasteiger partial charge is 0.325 e. The van der Waals surface area contributed by atoms with Crippen molar-refractivity contribution in [2.75, 3.05) is 19.0 Å². The van der Waals surface area contributed by atoms with Gasteiger partial charge in [-0.25, -0.2) is 4.79 Å². The molecule has 0 aliphatic heterocycles. The van der Waals surface area contributed by atoms with Crippen molar-refractivity contribution in [3.05, 3.63) is 29.8 Å². The number of hydrogen-bond acceptors (Lipinski definition) is 5. The standard InChI is InChI=1S/C18H25N3O6/c1-18(2,9-8-15(23)24)21-17(26)20-13-6-4-12(5-7-13)10-14(22)19-11-16(25)27-3/h4-7H,8-11H2,1-3H3,(H,19,22)(H,23,24)(H2,20,21,26). The highest BCUT2D eigenvalue weighted by atomic mass is 16.5. The number of benzene rings is 1. The van der Waals surface area contributed by atoms with E-state index < -0.39 is 23.5 Å². The SMILES string of the molecule is COC(=O)CNC(=O)Cc1ccc(NC(=O)NC(C)(C)CCC(=O)O)cc1. The van der Waals surface area contributed by atoms with Gasteiger partial charge in [0.25, 0.3) is 0 Å². The van der Waals surface area contributed by atoms with Crippen LogP contribution in [0.1, 0.15) is 32.3 Å². The molecule has 0 spiro atoms. The molecule has 0 aromatic heterocycles. The van der Waals surface area contributed by atoms with Crippen LogP contribution in [-0.2, 0) is 25.5 Å². The summed E-state index contributed by atoms with van der Waals surface area (Å²) in [5, 5.41) is 16.5. The van der Waals surface area contributed by atoms with Gasteiger partial charge in [0.15, 0.2) is 0 Å². The average molecular weight is 379 g/mol. The minimum Gasteiger partial charge on any atom is -0.481 e. The Kier molecular flexibility index (Phi) is 8.25. The van der Waals surface area contributed by atoms with Crippen LogP contribution in [0, 0.1) is 0 Å². The van der Waals surface area contributed by atoms with E-state index in [1.165, 1.54) is 7.11 Å². The Morgan fingerprint density at radius 1 is 1.11 bits per heavy atom. The number of amides is 3. The third-order valence-electron chi connectivity index (χ3n) is 3.65. The van der Waals surface area contributed by atoms with Crippen molar-refractivity contribution in [3.8, 4) is 0 Å². The van der Waals surface area contributed by atoms with Gasteiger partial charge in [0.05, 0.1) is 13.5 Å². The molecule has 3 amide bonds. The number of carbonyl (C=O) groups excluding carboxylic acids is 3. The Hall–Kier alpha value is -3.10. The molecule has 0 saturated carbocycles. The molecule has 148 valence electrons. The lowest BCUT2D eigenvalue weighted by Crippen LogP contribution is -2.45. The summed E-state index contributed by atoms with van der Waals surface area (Å²) in [7, 11) is 1.24. The van der Waals surface area contributed by atoms with Gasteiger partial charge in [-0.2, -0.15) is 0 Å². The zero-order valence-corrected chi connectivity index (χ0v) is 15.6. The Bertz CT molecular complexity index is 685. The number of rotatable bonds is 9. The second-order valence-electron chi connectivity index (χ2n) is 6.58. The van der Waals surface area contributed by atoms with Gasteiger partial charge in [-0.1, -0.05) is 12.1 Å². The zero-order valence-electron chi connectivity index (χ0n) is 15.6. The molecule has 1 aromatic rings. The number of nitrogens with one attached hydrogen (secondary N) is 3. The summed E-state index contributed by atoms with van der Waals surface area (Å²) in [6.07, 6.45) is 0.348. The van der Waals surface area contributed by atoms with Crippen LogP contribution < -0.4 is 16.0 Å². The summed E-state index contributed by atoms with van der Waals surface area (Å²) in [6.45, 7) is 3.30. The molecule has 0 fully saturated rings. The van der Waals surface area contributed by atoms with E-state index in [-0.39, 0.29) is 25.3 Å². The number of hydrogen-bond donors (Lipinski definition) is 4. The largest absolute Gasteiger partial charge is 0.481 e. The number of urea groups is 1. The summed E-state index contributed by atoms with van der Waals surface area (Å²) in [5.74, 6) is -1.77. The molecule has 0 aliphatic rings. The summed E-state index contributed by atoms with van der Waals surface area (Å²) in [6, 6.07) is 6.21. The van der Waals surface area contributed by atoms with Crippen molar-refractivity contribution in [2.45, 2.75) is 38.6 Å². The van der Waals surface area contributed by atoms with E-state index in [9.17, 15) is 19.2 Å². The van der Waals surface area contributed by atoms with E-state index >= 15 is 0 Å². The van der Waals surface area contributed by atoms with Crippen molar-refractivity contribution in [1.29, 1.82) is 0 Å². The lowest BCUT2D eigenvalue weighted by molar-refractivity contribution is -0.141. The summed E-state index contributed by atoms with van der Waals surface area (Å²) in [5.41, 5.74) is 0.575. The van der Waals surface area contributed by atoms with Crippen LogP contribution in [0.3, 0.4) is 0 Å². The van der Waals surface area contributed by atoms with Gasteiger partial charge in [-0.3, -0.25) is 14.4 Å². The second-order valence-corrected chi connectivity index (χ2v) is 6.58.